The van der Waals surface area contributed by atoms with Gasteiger partial charge in [0, 0.05) is 24.4 Å². The predicted octanol–water partition coefficient (Wildman–Crippen LogP) is -6.09. The number of thioether (sulfide) groups is 1. The molecule has 3 aliphatic rings. The van der Waals surface area contributed by atoms with Crippen LogP contribution in [0.15, 0.2) is 18.2 Å². The van der Waals surface area contributed by atoms with Gasteiger partial charge in [-0.25, -0.2) is 4.79 Å². The molecule has 220 valence electrons. The molecule has 42 heavy (non-hydrogen) atoms. The second-order valence-corrected chi connectivity index (χ2v) is 11.9. The Kier molecular flexibility index (Phi) is 9.41. The molecule has 2 unspecified atom stereocenters. The number of nitrogens with zero attached hydrogens (tertiary/aromatic N) is 3. The molecule has 3 aliphatic heterocycles. The van der Waals surface area contributed by atoms with Gasteiger partial charge in [0.15, 0.2) is 22.5 Å². The Labute approximate surface area is 265 Å². The molecular weight excluding hydrogens is 587 g/mol. The third kappa shape index (κ3) is 5.36. The van der Waals surface area contributed by atoms with Crippen molar-refractivity contribution in [1.29, 1.82) is 0 Å². The van der Waals surface area contributed by atoms with E-state index in [0.29, 0.717) is 4.90 Å². The molecule has 5 N–H and O–H groups in total. The Morgan fingerprint density at radius 3 is 2.38 bits per heavy atom. The van der Waals surface area contributed by atoms with E-state index in [9.17, 15) is 48.9 Å². The van der Waals surface area contributed by atoms with Crippen molar-refractivity contribution in [3.05, 3.63) is 23.8 Å². The number of piperazine rings is 1. The van der Waals surface area contributed by atoms with Gasteiger partial charge in [-0.2, -0.15) is 0 Å². The van der Waals surface area contributed by atoms with Gasteiger partial charge in [-0.3, -0.25) is 33.8 Å². The van der Waals surface area contributed by atoms with Crippen LogP contribution in [0.5, 0.6) is 11.5 Å². The van der Waals surface area contributed by atoms with Gasteiger partial charge in [-0.1, -0.05) is 6.07 Å². The van der Waals surface area contributed by atoms with Crippen molar-refractivity contribution in [3.8, 4) is 11.5 Å². The summed E-state index contributed by atoms with van der Waals surface area (Å²) in [7, 11) is 0. The van der Waals surface area contributed by atoms with Gasteiger partial charge < -0.3 is 41.0 Å². The number of aliphatic carboxylic acids is 1. The first kappa shape index (κ1) is 33.0. The molecule has 0 aliphatic carbocycles. The van der Waals surface area contributed by atoms with Crippen molar-refractivity contribution in [3.63, 3.8) is 0 Å². The van der Waals surface area contributed by atoms with Crippen molar-refractivity contribution >= 4 is 53.8 Å². The van der Waals surface area contributed by atoms with Crippen LogP contribution in [0.25, 0.3) is 0 Å². The number of phenols is 2. The average Bonchev–Trinajstić information content (AvgIpc) is 3.12. The van der Waals surface area contributed by atoms with Gasteiger partial charge in [-0.15, -0.1) is 11.8 Å². The summed E-state index contributed by atoms with van der Waals surface area (Å²) in [5.74, 6) is -6.69. The summed E-state index contributed by atoms with van der Waals surface area (Å²) in [5, 5.41) is 38.8. The number of carbonyl (C=O) groups excluding carboxylic acids is 7. The zero-order valence-electron chi connectivity index (χ0n) is 23.1. The van der Waals surface area contributed by atoms with Gasteiger partial charge in [0.05, 0.1) is 12.0 Å². The summed E-state index contributed by atoms with van der Waals surface area (Å²) in [6.45, 7) is 4.84. The predicted molar refractivity (Wildman–Crippen MR) is 136 cm³/mol. The second kappa shape index (κ2) is 12.0. The number of phenolic OH excluding ortho intramolecular Hbond substituents is 2. The number of benzene rings is 1. The quantitative estimate of drug-likeness (QED) is 0.0608. The molecule has 7 amide bonds. The first-order valence-electron chi connectivity index (χ1n) is 12.4. The summed E-state index contributed by atoms with van der Waals surface area (Å²) < 4.78 is -1.14. The van der Waals surface area contributed by atoms with Crippen molar-refractivity contribution in [2.45, 2.75) is 48.6 Å². The molecule has 3 heterocycles. The van der Waals surface area contributed by atoms with Crippen LogP contribution in [0, 0.1) is 0 Å². The van der Waals surface area contributed by atoms with Crippen LogP contribution in [0.4, 0.5) is 4.79 Å². The monoisotopic (exact) mass is 614 g/mol. The summed E-state index contributed by atoms with van der Waals surface area (Å²) in [6, 6.07) is -2.55. The zero-order valence-corrected chi connectivity index (χ0v) is 25.9. The molecule has 3 fully saturated rings. The first-order chi connectivity index (χ1) is 19.2. The SMILES string of the molecule is CCN1CCN(C(=O)NC(C(=O)N[C@@H]2C(=O)N3[C@@H](C(=O)[O-])C(C)(C)SC23NC=O)c2ccc(O)c(O)c2)C(=O)C1=O.[Na+]. The molecule has 0 bridgehead atoms. The van der Waals surface area contributed by atoms with E-state index in [1.807, 2.05) is 0 Å². The standard InChI is InChI=1S/C24H28N6O10S.Na/c1-4-28-7-8-29(20(37)19(28)36)22(40)26-14(11-5-6-12(32)13(33)9-11)17(34)27-15-18(35)30-16(21(38)39)23(2,3)41-24(15,30)25-10-31;/h5-6,9-10,14-16,32-33H,4,7-8H2,1-3H3,(H,25,31)(H,26,40)(H,27,34)(H,38,39);/q;+1/p-1/t14?,15-,16+,24?;/m1./s1. The Hall–Kier alpha value is -3.54. The Balaban J connectivity index is 0.00000484. The number of imide groups is 1. The van der Waals surface area contributed by atoms with E-state index in [2.05, 4.69) is 16.0 Å². The molecule has 3 saturated heterocycles. The number of hydrogen-bond donors (Lipinski definition) is 5. The van der Waals surface area contributed by atoms with E-state index in [0.717, 1.165) is 28.8 Å². The maximum atomic E-state index is 13.6. The smallest absolute Gasteiger partial charge is 0.548 e. The van der Waals surface area contributed by atoms with Crippen molar-refractivity contribution in [1.82, 2.24) is 30.7 Å². The molecule has 0 radical (unpaired) electrons. The number of carbonyl (C=O) groups is 7. The molecule has 0 spiro atoms. The Bertz CT molecular complexity index is 1360. The molecule has 0 aromatic heterocycles. The van der Waals surface area contributed by atoms with Crippen molar-refractivity contribution < 1.29 is 78.4 Å². The molecule has 18 heteroatoms. The maximum absolute atomic E-state index is 13.6. The number of hydrogen-bond acceptors (Lipinski definition) is 11. The molecule has 4 rings (SSSR count). The molecule has 0 saturated carbocycles. The molecular formula is C24H27N6NaO10S. The molecule has 1 aromatic carbocycles. The summed E-state index contributed by atoms with van der Waals surface area (Å²) >= 11 is 0.903. The van der Waals surface area contributed by atoms with Gasteiger partial charge in [-0.05, 0) is 38.5 Å². The fourth-order valence-corrected chi connectivity index (χ4v) is 6.96. The average molecular weight is 615 g/mol. The molecule has 4 atom stereocenters. The minimum atomic E-state index is -1.70. The van der Waals surface area contributed by atoms with E-state index in [1.54, 1.807) is 6.92 Å². The van der Waals surface area contributed by atoms with Crippen LogP contribution in [0.1, 0.15) is 32.4 Å². The fourth-order valence-electron chi connectivity index (χ4n) is 5.17. The number of nitrogens with one attached hydrogen (secondary N) is 3. The maximum Gasteiger partial charge on any atom is 1.00 e. The first-order valence-corrected chi connectivity index (χ1v) is 13.2. The number of urea groups is 1. The zero-order chi connectivity index (χ0) is 30.4. The van der Waals surface area contributed by atoms with Crippen molar-refractivity contribution in [2.75, 3.05) is 19.6 Å². The summed E-state index contributed by atoms with van der Waals surface area (Å²) in [6.07, 6.45) is 0.245. The number of amides is 7. The Morgan fingerprint density at radius 1 is 1.14 bits per heavy atom. The number of rotatable bonds is 8. The van der Waals surface area contributed by atoms with Gasteiger partial charge in [0.1, 0.15) is 6.04 Å². The van der Waals surface area contributed by atoms with Gasteiger partial charge >= 0.3 is 47.4 Å². The van der Waals surface area contributed by atoms with E-state index >= 15 is 0 Å². The van der Waals surface area contributed by atoms with Crippen LogP contribution in [0.2, 0.25) is 0 Å². The van der Waals surface area contributed by atoms with Gasteiger partial charge in [0.25, 0.3) is 5.91 Å². The molecule has 1 aromatic rings. The van der Waals surface area contributed by atoms with Crippen molar-refractivity contribution in [2.24, 2.45) is 0 Å². The number of aromatic hydroxyl groups is 2. The third-order valence-corrected chi connectivity index (χ3v) is 8.75. The largest absolute Gasteiger partial charge is 1.00 e. The van der Waals surface area contributed by atoms with Crippen LogP contribution in [-0.2, 0) is 28.8 Å². The minimum Gasteiger partial charge on any atom is -0.548 e. The van der Waals surface area contributed by atoms with E-state index < -0.39 is 75.0 Å². The van der Waals surface area contributed by atoms with Crippen LogP contribution in [-0.4, -0.2) is 108 Å². The number of β-lactam (4-membered cyclic amide) rings is 1. The molecule has 16 nitrogen and oxygen atoms in total. The second-order valence-electron chi connectivity index (χ2n) is 10.0. The fraction of sp³-hybridized carbons (Fsp3) is 0.458. The topological polar surface area (TPSA) is 229 Å². The summed E-state index contributed by atoms with van der Waals surface area (Å²) in [4.78, 5) is 89.0. The third-order valence-electron chi connectivity index (χ3n) is 7.14. The number of carboxylic acid groups (broad SMARTS) is 1. The van der Waals surface area contributed by atoms with E-state index in [1.165, 1.54) is 24.8 Å². The number of carboxylic acids is 1. The van der Waals surface area contributed by atoms with E-state index in [-0.39, 0.29) is 61.2 Å². The normalized spacial score (nSPS) is 25.0. The Morgan fingerprint density at radius 2 is 1.81 bits per heavy atom. The number of likely N-dealkylation sites (N-methyl/N-ethyl adjacent to an activating group) is 1. The van der Waals surface area contributed by atoms with Gasteiger partial charge in [0.2, 0.25) is 12.3 Å². The van der Waals surface area contributed by atoms with Crippen LogP contribution in [0.3, 0.4) is 0 Å². The minimum absolute atomic E-state index is 0. The van der Waals surface area contributed by atoms with Crippen LogP contribution < -0.4 is 50.6 Å². The summed E-state index contributed by atoms with van der Waals surface area (Å²) in [5.41, 5.74) is -0.0786. The van der Waals surface area contributed by atoms with E-state index in [4.69, 9.17) is 0 Å². The van der Waals surface area contributed by atoms with Crippen LogP contribution >= 0.6 is 11.8 Å². The number of fused-ring (bicyclic) bond motifs is 1.